The summed E-state index contributed by atoms with van der Waals surface area (Å²) < 4.78 is 5.84. The number of nitrogens with zero attached hydrogens (tertiary/aromatic N) is 1. The van der Waals surface area contributed by atoms with Crippen molar-refractivity contribution in [2.24, 2.45) is 0 Å². The molecule has 0 aromatic heterocycles. The molecule has 1 aromatic rings. The van der Waals surface area contributed by atoms with Crippen LogP contribution in [0.1, 0.15) is 45.6 Å². The van der Waals surface area contributed by atoms with Crippen LogP contribution in [-0.2, 0) is 6.42 Å². The van der Waals surface area contributed by atoms with Gasteiger partial charge in [-0.15, -0.1) is 0 Å². The Labute approximate surface area is 123 Å². The van der Waals surface area contributed by atoms with Gasteiger partial charge < -0.3 is 4.74 Å². The maximum atomic E-state index is 9.26. The van der Waals surface area contributed by atoms with Gasteiger partial charge in [0.05, 0.1) is 12.7 Å². The molecule has 3 nitrogen and oxygen atoms in total. The lowest BCUT2D eigenvalue weighted by Crippen LogP contribution is -2.41. The average molecular weight is 274 g/mol. The standard InChI is InChI=1S/C17H26N2O/c1-4-12-19-17(3,14-18)11-8-13-20-16-10-7-6-9-15(16)5-2/h6-7,9-10,19H,4-5,8,11-13H2,1-3H3. The van der Waals surface area contributed by atoms with Crippen LogP contribution in [-0.4, -0.2) is 18.7 Å². The monoisotopic (exact) mass is 274 g/mol. The van der Waals surface area contributed by atoms with Crippen LogP contribution in [0.2, 0.25) is 0 Å². The van der Waals surface area contributed by atoms with Gasteiger partial charge in [0.1, 0.15) is 11.3 Å². The Bertz CT molecular complexity index is 439. The summed E-state index contributed by atoms with van der Waals surface area (Å²) in [5.74, 6) is 0.968. The Hall–Kier alpha value is -1.53. The zero-order valence-corrected chi connectivity index (χ0v) is 12.9. The van der Waals surface area contributed by atoms with Crippen LogP contribution in [0.15, 0.2) is 24.3 Å². The maximum Gasteiger partial charge on any atom is 0.122 e. The van der Waals surface area contributed by atoms with Crippen LogP contribution in [0, 0.1) is 11.3 Å². The summed E-state index contributed by atoms with van der Waals surface area (Å²) >= 11 is 0. The highest BCUT2D eigenvalue weighted by molar-refractivity contribution is 5.33. The minimum atomic E-state index is -0.441. The summed E-state index contributed by atoms with van der Waals surface area (Å²) in [5.41, 5.74) is 0.795. The second-order valence-electron chi connectivity index (χ2n) is 5.28. The number of hydrogen-bond donors (Lipinski definition) is 1. The highest BCUT2D eigenvalue weighted by Crippen LogP contribution is 2.19. The van der Waals surface area contributed by atoms with Gasteiger partial charge in [-0.3, -0.25) is 5.32 Å². The third kappa shape index (κ3) is 5.22. The molecule has 110 valence electrons. The van der Waals surface area contributed by atoms with E-state index in [1.54, 1.807) is 0 Å². The third-order valence-electron chi connectivity index (χ3n) is 3.44. The van der Waals surface area contributed by atoms with Crippen molar-refractivity contribution in [1.82, 2.24) is 5.32 Å². The molecule has 1 atom stereocenters. The van der Waals surface area contributed by atoms with Gasteiger partial charge in [-0.2, -0.15) is 5.26 Å². The number of benzene rings is 1. The van der Waals surface area contributed by atoms with E-state index in [0.29, 0.717) is 6.61 Å². The molecule has 0 spiro atoms. The molecule has 0 heterocycles. The quantitative estimate of drug-likeness (QED) is 0.698. The predicted octanol–water partition coefficient (Wildman–Crippen LogP) is 3.69. The van der Waals surface area contributed by atoms with Crippen LogP contribution in [0.3, 0.4) is 0 Å². The van der Waals surface area contributed by atoms with Crippen molar-refractivity contribution >= 4 is 0 Å². The van der Waals surface area contributed by atoms with Gasteiger partial charge in [-0.25, -0.2) is 0 Å². The molecule has 3 heteroatoms. The average Bonchev–Trinajstić information content (AvgIpc) is 2.50. The van der Waals surface area contributed by atoms with Crippen molar-refractivity contribution < 1.29 is 4.74 Å². The number of hydrogen-bond acceptors (Lipinski definition) is 3. The van der Waals surface area contributed by atoms with E-state index >= 15 is 0 Å². The lowest BCUT2D eigenvalue weighted by atomic mass is 9.98. The van der Waals surface area contributed by atoms with Crippen LogP contribution in [0.5, 0.6) is 5.75 Å². The van der Waals surface area contributed by atoms with E-state index < -0.39 is 5.54 Å². The summed E-state index contributed by atoms with van der Waals surface area (Å²) in [6, 6.07) is 10.5. The minimum absolute atomic E-state index is 0.441. The number of rotatable bonds is 9. The Kier molecular flexibility index (Phi) is 7.11. The van der Waals surface area contributed by atoms with Gasteiger partial charge >= 0.3 is 0 Å². The largest absolute Gasteiger partial charge is 0.493 e. The van der Waals surface area contributed by atoms with Gasteiger partial charge in [-0.05, 0) is 50.8 Å². The number of para-hydroxylation sites is 1. The molecule has 1 rings (SSSR count). The molecule has 0 radical (unpaired) electrons. The number of nitrogens with one attached hydrogen (secondary N) is 1. The fourth-order valence-electron chi connectivity index (χ4n) is 2.13. The van der Waals surface area contributed by atoms with Gasteiger partial charge in [0.25, 0.3) is 0 Å². The van der Waals surface area contributed by atoms with Crippen LogP contribution in [0.25, 0.3) is 0 Å². The topological polar surface area (TPSA) is 45.0 Å². The van der Waals surface area contributed by atoms with Crippen molar-refractivity contribution in [2.45, 2.75) is 52.0 Å². The zero-order chi connectivity index (χ0) is 14.8. The molecule has 0 saturated carbocycles. The van der Waals surface area contributed by atoms with Gasteiger partial charge in [-0.1, -0.05) is 32.0 Å². The molecule has 1 aromatic carbocycles. The van der Waals surface area contributed by atoms with Crippen molar-refractivity contribution in [3.05, 3.63) is 29.8 Å². The Morgan fingerprint density at radius 3 is 2.70 bits per heavy atom. The van der Waals surface area contributed by atoms with Crippen molar-refractivity contribution in [2.75, 3.05) is 13.2 Å². The van der Waals surface area contributed by atoms with Crippen LogP contribution >= 0.6 is 0 Å². The first-order valence-corrected chi connectivity index (χ1v) is 7.52. The number of nitriles is 1. The molecule has 0 bridgehead atoms. The third-order valence-corrected chi connectivity index (χ3v) is 3.44. The maximum absolute atomic E-state index is 9.26. The van der Waals surface area contributed by atoms with E-state index in [-0.39, 0.29) is 0 Å². The van der Waals surface area contributed by atoms with E-state index in [1.807, 2.05) is 25.1 Å². The van der Waals surface area contributed by atoms with Crippen molar-refractivity contribution in [3.8, 4) is 11.8 Å². The summed E-state index contributed by atoms with van der Waals surface area (Å²) in [6.07, 6.45) is 3.69. The first-order valence-electron chi connectivity index (χ1n) is 7.52. The molecule has 20 heavy (non-hydrogen) atoms. The summed E-state index contributed by atoms with van der Waals surface area (Å²) in [6.45, 7) is 7.73. The van der Waals surface area contributed by atoms with E-state index in [1.165, 1.54) is 5.56 Å². The fourth-order valence-corrected chi connectivity index (χ4v) is 2.13. The van der Waals surface area contributed by atoms with Crippen LogP contribution in [0.4, 0.5) is 0 Å². The van der Waals surface area contributed by atoms with E-state index in [4.69, 9.17) is 4.74 Å². The van der Waals surface area contributed by atoms with Gasteiger partial charge in [0, 0.05) is 0 Å². The molecular weight excluding hydrogens is 248 g/mol. The molecule has 1 N–H and O–H groups in total. The van der Waals surface area contributed by atoms with E-state index in [9.17, 15) is 5.26 Å². The summed E-state index contributed by atoms with van der Waals surface area (Å²) in [4.78, 5) is 0. The molecule has 1 unspecified atom stereocenters. The number of ether oxygens (including phenoxy) is 1. The number of aryl methyl sites for hydroxylation is 1. The van der Waals surface area contributed by atoms with Gasteiger partial charge in [0.15, 0.2) is 0 Å². The second kappa shape index (κ2) is 8.60. The summed E-state index contributed by atoms with van der Waals surface area (Å²) in [5, 5.41) is 12.6. The fraction of sp³-hybridized carbons (Fsp3) is 0.588. The second-order valence-corrected chi connectivity index (χ2v) is 5.28. The lowest BCUT2D eigenvalue weighted by molar-refractivity contribution is 0.283. The van der Waals surface area contributed by atoms with Crippen molar-refractivity contribution in [1.29, 1.82) is 5.26 Å². The Morgan fingerprint density at radius 1 is 1.30 bits per heavy atom. The molecule has 0 aliphatic carbocycles. The smallest absolute Gasteiger partial charge is 0.122 e. The molecule has 0 fully saturated rings. The minimum Gasteiger partial charge on any atom is -0.493 e. The highest BCUT2D eigenvalue weighted by Gasteiger charge is 2.21. The predicted molar refractivity (Wildman–Crippen MR) is 82.9 cm³/mol. The molecular formula is C17H26N2O. The van der Waals surface area contributed by atoms with E-state index in [0.717, 1.165) is 38.0 Å². The first-order chi connectivity index (χ1) is 9.65. The van der Waals surface area contributed by atoms with Crippen molar-refractivity contribution in [3.63, 3.8) is 0 Å². The SMILES string of the molecule is CCCNC(C)(C#N)CCCOc1ccccc1CC. The molecule has 0 saturated heterocycles. The van der Waals surface area contributed by atoms with Crippen LogP contribution < -0.4 is 10.1 Å². The van der Waals surface area contributed by atoms with E-state index in [2.05, 4.69) is 31.3 Å². The zero-order valence-electron chi connectivity index (χ0n) is 12.9. The highest BCUT2D eigenvalue weighted by atomic mass is 16.5. The summed E-state index contributed by atoms with van der Waals surface area (Å²) in [7, 11) is 0. The Morgan fingerprint density at radius 2 is 2.05 bits per heavy atom. The molecule has 0 aliphatic heterocycles. The normalized spacial score (nSPS) is 13.5. The molecule has 0 aliphatic rings. The Balaban J connectivity index is 2.39. The first kappa shape index (κ1) is 16.5. The molecule has 0 amide bonds. The van der Waals surface area contributed by atoms with Gasteiger partial charge in [0.2, 0.25) is 0 Å². The lowest BCUT2D eigenvalue weighted by Gasteiger charge is -2.23.